The third-order valence-electron chi connectivity index (χ3n) is 4.45. The molecule has 0 saturated carbocycles. The lowest BCUT2D eigenvalue weighted by molar-refractivity contribution is -0.150. The Bertz CT molecular complexity index is 599. The van der Waals surface area contributed by atoms with Gasteiger partial charge in [-0.1, -0.05) is 0 Å². The standard InChI is InChI=1S/C22H37NO12/c24-19-1-2-20(25)23(19)21(26)3-5-29-7-9-31-11-13-33-15-17-35-18-16-34-14-12-32-10-8-30-6-4-22(27)28/h1-18H2,(H,27,28). The van der Waals surface area contributed by atoms with Crippen LogP contribution < -0.4 is 0 Å². The summed E-state index contributed by atoms with van der Waals surface area (Å²) in [5.41, 5.74) is 0. The zero-order chi connectivity index (χ0) is 25.6. The average Bonchev–Trinajstić information content (AvgIpc) is 3.17. The number of carbonyl (C=O) groups excluding carboxylic acids is 3. The molecule has 35 heavy (non-hydrogen) atoms. The second-order valence-electron chi connectivity index (χ2n) is 7.20. The van der Waals surface area contributed by atoms with Crippen LogP contribution in [0.2, 0.25) is 0 Å². The number of carbonyl (C=O) groups is 4. The Labute approximate surface area is 204 Å². The fraction of sp³-hybridized carbons (Fsp3) is 0.818. The van der Waals surface area contributed by atoms with E-state index in [4.69, 9.17) is 38.3 Å². The number of ether oxygens (including phenoxy) is 7. The van der Waals surface area contributed by atoms with E-state index in [1.54, 1.807) is 0 Å². The molecular formula is C22H37NO12. The minimum atomic E-state index is -0.886. The molecule has 1 aliphatic heterocycles. The lowest BCUT2D eigenvalue weighted by Crippen LogP contribution is -2.36. The summed E-state index contributed by atoms with van der Waals surface area (Å²) in [6.07, 6.45) is 0.151. The summed E-state index contributed by atoms with van der Waals surface area (Å²) in [7, 11) is 0. The number of hydrogen-bond acceptors (Lipinski definition) is 11. The summed E-state index contributed by atoms with van der Waals surface area (Å²) in [4.78, 5) is 45.7. The van der Waals surface area contributed by atoms with Crippen molar-refractivity contribution < 1.29 is 57.4 Å². The molecule has 0 unspecified atom stereocenters. The number of nitrogens with zero attached hydrogens (tertiary/aromatic N) is 1. The molecule has 1 saturated heterocycles. The molecule has 1 fully saturated rings. The second-order valence-corrected chi connectivity index (χ2v) is 7.20. The Morgan fingerprint density at radius 1 is 0.543 bits per heavy atom. The quantitative estimate of drug-likeness (QED) is 0.134. The number of rotatable bonds is 24. The number of carboxylic acid groups (broad SMARTS) is 1. The first-order valence-corrected chi connectivity index (χ1v) is 11.7. The number of aliphatic carboxylic acids is 1. The van der Waals surface area contributed by atoms with Crippen LogP contribution in [0.5, 0.6) is 0 Å². The molecule has 13 nitrogen and oxygen atoms in total. The topological polar surface area (TPSA) is 156 Å². The molecule has 0 radical (unpaired) electrons. The zero-order valence-electron chi connectivity index (χ0n) is 20.1. The number of amides is 3. The Hall–Kier alpha value is -2.00. The van der Waals surface area contributed by atoms with Gasteiger partial charge in [0, 0.05) is 12.8 Å². The van der Waals surface area contributed by atoms with Crippen LogP contribution in [0.25, 0.3) is 0 Å². The molecule has 202 valence electrons. The summed E-state index contributed by atoms with van der Waals surface area (Å²) in [5, 5.41) is 8.45. The molecule has 13 heteroatoms. The summed E-state index contributed by atoms with van der Waals surface area (Å²) < 4.78 is 37.1. The highest BCUT2D eigenvalue weighted by Gasteiger charge is 2.33. The first-order valence-electron chi connectivity index (χ1n) is 11.7. The van der Waals surface area contributed by atoms with Gasteiger partial charge in [0.25, 0.3) is 0 Å². The van der Waals surface area contributed by atoms with E-state index in [-0.39, 0.29) is 38.9 Å². The lowest BCUT2D eigenvalue weighted by atomic mass is 10.4. The van der Waals surface area contributed by atoms with Crippen LogP contribution in [0, 0.1) is 0 Å². The van der Waals surface area contributed by atoms with E-state index in [1.165, 1.54) is 0 Å². The first kappa shape index (κ1) is 31.0. The van der Waals surface area contributed by atoms with Gasteiger partial charge in [-0.3, -0.25) is 19.2 Å². The van der Waals surface area contributed by atoms with Crippen LogP contribution in [0.1, 0.15) is 25.7 Å². The van der Waals surface area contributed by atoms with Crippen LogP contribution in [0.4, 0.5) is 0 Å². The number of likely N-dealkylation sites (tertiary alicyclic amines) is 1. The Balaban J connectivity index is 1.71. The van der Waals surface area contributed by atoms with E-state index < -0.39 is 23.7 Å². The molecule has 0 aliphatic carbocycles. The van der Waals surface area contributed by atoms with E-state index >= 15 is 0 Å². The van der Waals surface area contributed by atoms with Crippen molar-refractivity contribution in [1.29, 1.82) is 0 Å². The van der Waals surface area contributed by atoms with Gasteiger partial charge in [0.2, 0.25) is 17.7 Å². The number of carboxylic acids is 1. The fourth-order valence-electron chi connectivity index (χ4n) is 2.71. The summed E-state index contributed by atoms with van der Waals surface area (Å²) in [6, 6.07) is 0. The van der Waals surface area contributed by atoms with Crippen molar-refractivity contribution in [3.05, 3.63) is 0 Å². The summed E-state index contributed by atoms with van der Waals surface area (Å²) in [6.45, 7) is 5.10. The highest BCUT2D eigenvalue weighted by atomic mass is 16.6. The van der Waals surface area contributed by atoms with E-state index in [2.05, 4.69) is 0 Å². The van der Waals surface area contributed by atoms with Crippen molar-refractivity contribution in [2.45, 2.75) is 25.7 Å². The van der Waals surface area contributed by atoms with Crippen LogP contribution in [0.15, 0.2) is 0 Å². The van der Waals surface area contributed by atoms with Gasteiger partial charge in [0.1, 0.15) is 0 Å². The maximum absolute atomic E-state index is 11.8. The molecule has 0 spiro atoms. The van der Waals surface area contributed by atoms with Gasteiger partial charge >= 0.3 is 5.97 Å². The smallest absolute Gasteiger partial charge is 0.305 e. The van der Waals surface area contributed by atoms with Gasteiger partial charge in [-0.25, -0.2) is 4.90 Å². The van der Waals surface area contributed by atoms with Crippen molar-refractivity contribution >= 4 is 23.7 Å². The highest BCUT2D eigenvalue weighted by Crippen LogP contribution is 2.12. The second kappa shape index (κ2) is 21.3. The van der Waals surface area contributed by atoms with Crippen LogP contribution in [-0.2, 0) is 52.3 Å². The largest absolute Gasteiger partial charge is 0.481 e. The molecule has 0 aromatic heterocycles. The van der Waals surface area contributed by atoms with Crippen molar-refractivity contribution in [3.63, 3.8) is 0 Å². The fourth-order valence-corrected chi connectivity index (χ4v) is 2.71. The van der Waals surface area contributed by atoms with Gasteiger partial charge in [-0.05, 0) is 0 Å². The van der Waals surface area contributed by atoms with E-state index in [9.17, 15) is 19.2 Å². The minimum Gasteiger partial charge on any atom is -0.481 e. The van der Waals surface area contributed by atoms with Crippen LogP contribution in [-0.4, -0.2) is 126 Å². The minimum absolute atomic E-state index is 0.0142. The molecular weight excluding hydrogens is 470 g/mol. The van der Waals surface area contributed by atoms with Crippen LogP contribution in [0.3, 0.4) is 0 Å². The average molecular weight is 508 g/mol. The third-order valence-corrected chi connectivity index (χ3v) is 4.45. The molecule has 0 aromatic rings. The van der Waals surface area contributed by atoms with Gasteiger partial charge in [0.05, 0.1) is 105 Å². The van der Waals surface area contributed by atoms with Crippen molar-refractivity contribution in [2.75, 3.05) is 92.5 Å². The van der Waals surface area contributed by atoms with E-state index in [1.807, 2.05) is 0 Å². The van der Waals surface area contributed by atoms with Gasteiger partial charge in [-0.15, -0.1) is 0 Å². The summed E-state index contributed by atoms with van der Waals surface area (Å²) in [5.74, 6) is -2.30. The third kappa shape index (κ3) is 17.1. The summed E-state index contributed by atoms with van der Waals surface area (Å²) >= 11 is 0. The predicted molar refractivity (Wildman–Crippen MR) is 119 cm³/mol. The van der Waals surface area contributed by atoms with Crippen LogP contribution >= 0.6 is 0 Å². The van der Waals surface area contributed by atoms with Crippen molar-refractivity contribution in [1.82, 2.24) is 4.90 Å². The lowest BCUT2D eigenvalue weighted by Gasteiger charge is -2.11. The monoisotopic (exact) mass is 507 g/mol. The van der Waals surface area contributed by atoms with Gasteiger partial charge in [0.15, 0.2) is 0 Å². The number of hydrogen-bond donors (Lipinski definition) is 1. The highest BCUT2D eigenvalue weighted by molar-refractivity contribution is 6.14. The molecule has 3 amide bonds. The molecule has 0 aromatic carbocycles. The first-order chi connectivity index (χ1) is 17.0. The molecule has 1 heterocycles. The molecule has 1 N–H and O–H groups in total. The zero-order valence-corrected chi connectivity index (χ0v) is 20.1. The number of imide groups is 3. The Kier molecular flexibility index (Phi) is 18.9. The normalized spacial score (nSPS) is 13.7. The van der Waals surface area contributed by atoms with Gasteiger partial charge in [-0.2, -0.15) is 0 Å². The maximum Gasteiger partial charge on any atom is 0.305 e. The maximum atomic E-state index is 11.8. The van der Waals surface area contributed by atoms with Gasteiger partial charge < -0.3 is 38.3 Å². The van der Waals surface area contributed by atoms with E-state index in [0.29, 0.717) is 84.2 Å². The Morgan fingerprint density at radius 2 is 0.829 bits per heavy atom. The Morgan fingerprint density at radius 3 is 1.14 bits per heavy atom. The molecule has 1 aliphatic rings. The van der Waals surface area contributed by atoms with Crippen molar-refractivity contribution in [2.24, 2.45) is 0 Å². The predicted octanol–water partition coefficient (Wildman–Crippen LogP) is -0.357. The van der Waals surface area contributed by atoms with E-state index in [0.717, 1.165) is 0 Å². The molecule has 0 bridgehead atoms. The SMILES string of the molecule is O=C(O)CCOCCOCCOCCOCCOCCOCCOCCC(=O)N1C(=O)CCC1=O. The molecule has 1 rings (SSSR count). The molecule has 0 atom stereocenters. The van der Waals surface area contributed by atoms with Crippen molar-refractivity contribution in [3.8, 4) is 0 Å².